The fourth-order valence-electron chi connectivity index (χ4n) is 2.55. The summed E-state index contributed by atoms with van der Waals surface area (Å²) < 4.78 is 16.5. The molecule has 2 aromatic rings. The molecule has 126 valence electrons. The van der Waals surface area contributed by atoms with Gasteiger partial charge in [0.1, 0.15) is 19.0 Å². The molecule has 0 bridgehead atoms. The number of ether oxygens (including phenoxy) is 3. The van der Waals surface area contributed by atoms with E-state index < -0.39 is 0 Å². The van der Waals surface area contributed by atoms with Crippen molar-refractivity contribution in [3.8, 4) is 17.2 Å². The van der Waals surface area contributed by atoms with Crippen LogP contribution in [0.15, 0.2) is 42.5 Å². The molecule has 1 N–H and O–H groups in total. The van der Waals surface area contributed by atoms with E-state index in [1.807, 2.05) is 49.4 Å². The molecule has 0 aromatic heterocycles. The first kappa shape index (κ1) is 16.2. The van der Waals surface area contributed by atoms with Crippen molar-refractivity contribution >= 4 is 11.6 Å². The number of carbonyl (C=O) groups is 1. The van der Waals surface area contributed by atoms with E-state index in [0.717, 1.165) is 28.5 Å². The zero-order chi connectivity index (χ0) is 16.8. The third-order valence-corrected chi connectivity index (χ3v) is 3.68. The van der Waals surface area contributed by atoms with E-state index >= 15 is 0 Å². The van der Waals surface area contributed by atoms with Gasteiger partial charge in [0.25, 0.3) is 0 Å². The van der Waals surface area contributed by atoms with Crippen LogP contribution in [0.4, 0.5) is 5.69 Å². The Balaban J connectivity index is 1.55. The van der Waals surface area contributed by atoms with Crippen molar-refractivity contribution in [2.75, 3.05) is 25.1 Å². The first-order valence-corrected chi connectivity index (χ1v) is 8.16. The molecule has 1 heterocycles. The molecule has 1 amide bonds. The van der Waals surface area contributed by atoms with Crippen molar-refractivity contribution in [2.45, 2.75) is 19.8 Å². The number of amides is 1. The molecule has 0 unspecified atom stereocenters. The molecule has 0 saturated heterocycles. The van der Waals surface area contributed by atoms with Crippen molar-refractivity contribution < 1.29 is 19.0 Å². The highest BCUT2D eigenvalue weighted by atomic mass is 16.6. The number of hydrogen-bond donors (Lipinski definition) is 1. The Kier molecular flexibility index (Phi) is 5.21. The number of benzene rings is 2. The molecule has 0 radical (unpaired) electrons. The molecule has 2 aromatic carbocycles. The Morgan fingerprint density at radius 3 is 2.79 bits per heavy atom. The van der Waals surface area contributed by atoms with Gasteiger partial charge < -0.3 is 19.5 Å². The average molecular weight is 327 g/mol. The Morgan fingerprint density at radius 2 is 1.96 bits per heavy atom. The van der Waals surface area contributed by atoms with Gasteiger partial charge in [-0.15, -0.1) is 0 Å². The summed E-state index contributed by atoms with van der Waals surface area (Å²) in [5.74, 6) is 2.24. The Labute approximate surface area is 141 Å². The second-order valence-corrected chi connectivity index (χ2v) is 5.49. The molecular weight excluding hydrogens is 306 g/mol. The van der Waals surface area contributed by atoms with Crippen LogP contribution in [0.5, 0.6) is 17.2 Å². The minimum Gasteiger partial charge on any atom is -0.494 e. The van der Waals surface area contributed by atoms with Gasteiger partial charge in [0.05, 0.1) is 6.61 Å². The topological polar surface area (TPSA) is 56.8 Å². The Morgan fingerprint density at radius 1 is 1.12 bits per heavy atom. The summed E-state index contributed by atoms with van der Waals surface area (Å²) in [6.07, 6.45) is 1.05. The summed E-state index contributed by atoms with van der Waals surface area (Å²) >= 11 is 0. The number of rotatable bonds is 6. The first-order chi connectivity index (χ1) is 11.7. The van der Waals surface area contributed by atoms with Gasteiger partial charge in [0, 0.05) is 18.2 Å². The standard InChI is InChI=1S/C19H21NO4/c1-2-22-16-5-3-4-15(13-16)20-19(21)9-7-14-6-8-17-18(12-14)24-11-10-23-17/h3-6,8,12-13H,2,7,9-11H2,1H3,(H,20,21). The van der Waals surface area contributed by atoms with Gasteiger partial charge in [-0.3, -0.25) is 4.79 Å². The van der Waals surface area contributed by atoms with E-state index in [4.69, 9.17) is 14.2 Å². The molecule has 1 aliphatic heterocycles. The van der Waals surface area contributed by atoms with E-state index in [0.29, 0.717) is 32.7 Å². The van der Waals surface area contributed by atoms with E-state index in [1.165, 1.54) is 0 Å². The summed E-state index contributed by atoms with van der Waals surface area (Å²) in [4.78, 5) is 12.1. The smallest absolute Gasteiger partial charge is 0.224 e. The maximum Gasteiger partial charge on any atom is 0.224 e. The quantitative estimate of drug-likeness (QED) is 0.883. The van der Waals surface area contributed by atoms with E-state index in [1.54, 1.807) is 0 Å². The third kappa shape index (κ3) is 4.19. The zero-order valence-corrected chi connectivity index (χ0v) is 13.7. The maximum atomic E-state index is 12.1. The predicted octanol–water partition coefficient (Wildman–Crippen LogP) is 3.43. The number of aryl methyl sites for hydroxylation is 1. The van der Waals surface area contributed by atoms with Crippen LogP contribution in [0, 0.1) is 0 Å². The van der Waals surface area contributed by atoms with Crippen LogP contribution in [-0.2, 0) is 11.2 Å². The molecular formula is C19H21NO4. The maximum absolute atomic E-state index is 12.1. The number of hydrogen-bond acceptors (Lipinski definition) is 4. The molecule has 24 heavy (non-hydrogen) atoms. The van der Waals surface area contributed by atoms with E-state index in [-0.39, 0.29) is 5.91 Å². The number of nitrogens with one attached hydrogen (secondary N) is 1. The molecule has 3 rings (SSSR count). The summed E-state index contributed by atoms with van der Waals surface area (Å²) in [6, 6.07) is 13.2. The number of anilines is 1. The lowest BCUT2D eigenvalue weighted by atomic mass is 10.1. The lowest BCUT2D eigenvalue weighted by Gasteiger charge is -2.18. The van der Waals surface area contributed by atoms with Gasteiger partial charge >= 0.3 is 0 Å². The number of carbonyl (C=O) groups excluding carboxylic acids is 1. The molecule has 1 aliphatic rings. The average Bonchev–Trinajstić information content (AvgIpc) is 2.60. The van der Waals surface area contributed by atoms with Crippen molar-refractivity contribution in [1.82, 2.24) is 0 Å². The van der Waals surface area contributed by atoms with Gasteiger partial charge in [-0.2, -0.15) is 0 Å². The van der Waals surface area contributed by atoms with Crippen LogP contribution in [-0.4, -0.2) is 25.7 Å². The molecule has 0 atom stereocenters. The third-order valence-electron chi connectivity index (χ3n) is 3.68. The van der Waals surface area contributed by atoms with Crippen molar-refractivity contribution in [3.63, 3.8) is 0 Å². The molecule has 0 saturated carbocycles. The van der Waals surface area contributed by atoms with Crippen LogP contribution in [0.2, 0.25) is 0 Å². The Bertz CT molecular complexity index is 714. The molecule has 0 spiro atoms. The fraction of sp³-hybridized carbons (Fsp3) is 0.316. The van der Waals surface area contributed by atoms with Gasteiger partial charge in [0.15, 0.2) is 11.5 Å². The van der Waals surface area contributed by atoms with Gasteiger partial charge in [-0.1, -0.05) is 12.1 Å². The highest BCUT2D eigenvalue weighted by Gasteiger charge is 2.12. The van der Waals surface area contributed by atoms with Crippen LogP contribution in [0.3, 0.4) is 0 Å². The van der Waals surface area contributed by atoms with Crippen molar-refractivity contribution in [3.05, 3.63) is 48.0 Å². The normalized spacial score (nSPS) is 12.5. The van der Waals surface area contributed by atoms with Gasteiger partial charge in [-0.05, 0) is 43.2 Å². The summed E-state index contributed by atoms with van der Waals surface area (Å²) in [7, 11) is 0. The lowest BCUT2D eigenvalue weighted by molar-refractivity contribution is -0.116. The van der Waals surface area contributed by atoms with Gasteiger partial charge in [0.2, 0.25) is 5.91 Å². The minimum atomic E-state index is -0.0291. The summed E-state index contributed by atoms with van der Waals surface area (Å²) in [5, 5.41) is 2.90. The highest BCUT2D eigenvalue weighted by Crippen LogP contribution is 2.31. The van der Waals surface area contributed by atoms with Gasteiger partial charge in [-0.25, -0.2) is 0 Å². The van der Waals surface area contributed by atoms with E-state index in [9.17, 15) is 4.79 Å². The van der Waals surface area contributed by atoms with Crippen molar-refractivity contribution in [1.29, 1.82) is 0 Å². The second kappa shape index (κ2) is 7.73. The molecule has 0 fully saturated rings. The van der Waals surface area contributed by atoms with Crippen molar-refractivity contribution in [2.24, 2.45) is 0 Å². The van der Waals surface area contributed by atoms with Crippen LogP contribution in [0.1, 0.15) is 18.9 Å². The molecule has 5 nitrogen and oxygen atoms in total. The SMILES string of the molecule is CCOc1cccc(NC(=O)CCc2ccc3c(c2)OCCO3)c1. The van der Waals surface area contributed by atoms with E-state index in [2.05, 4.69) is 5.32 Å². The molecule has 5 heteroatoms. The largest absolute Gasteiger partial charge is 0.494 e. The Hall–Kier alpha value is -2.69. The summed E-state index contributed by atoms with van der Waals surface area (Å²) in [5.41, 5.74) is 1.80. The molecule has 0 aliphatic carbocycles. The highest BCUT2D eigenvalue weighted by molar-refractivity contribution is 5.91. The zero-order valence-electron chi connectivity index (χ0n) is 13.7. The monoisotopic (exact) mass is 327 g/mol. The first-order valence-electron chi connectivity index (χ1n) is 8.16. The lowest BCUT2D eigenvalue weighted by Crippen LogP contribution is -2.15. The van der Waals surface area contributed by atoms with Crippen LogP contribution < -0.4 is 19.5 Å². The van der Waals surface area contributed by atoms with Crippen LogP contribution >= 0.6 is 0 Å². The summed E-state index contributed by atoms with van der Waals surface area (Å²) in [6.45, 7) is 3.67. The van der Waals surface area contributed by atoms with Crippen LogP contribution in [0.25, 0.3) is 0 Å². The fourth-order valence-corrected chi connectivity index (χ4v) is 2.55. The predicted molar refractivity (Wildman–Crippen MR) is 92.0 cm³/mol. The minimum absolute atomic E-state index is 0.0291. The second-order valence-electron chi connectivity index (χ2n) is 5.49. The number of fused-ring (bicyclic) bond motifs is 1.